The number of aromatic nitrogens is 2. The van der Waals surface area contributed by atoms with Gasteiger partial charge in [-0.15, -0.1) is 0 Å². The lowest BCUT2D eigenvalue weighted by Crippen LogP contribution is -2.39. The van der Waals surface area contributed by atoms with Gasteiger partial charge in [-0.3, -0.25) is 10.7 Å². The fourth-order valence-corrected chi connectivity index (χ4v) is 2.20. The molecule has 0 aliphatic rings. The predicted octanol–water partition coefficient (Wildman–Crippen LogP) is 1.84. The lowest BCUT2D eigenvalue weighted by atomic mass is 10.0. The van der Waals surface area contributed by atoms with E-state index in [1.807, 2.05) is 31.2 Å². The molecular weight excluding hydrogens is 226 g/mol. The lowest BCUT2D eigenvalue weighted by molar-refractivity contribution is -0.755. The van der Waals surface area contributed by atoms with Crippen molar-refractivity contribution in [2.24, 2.45) is 0 Å². The lowest BCUT2D eigenvalue weighted by Gasteiger charge is -2.03. The van der Waals surface area contributed by atoms with Gasteiger partial charge < -0.3 is 4.52 Å². The number of benzene rings is 2. The summed E-state index contributed by atoms with van der Waals surface area (Å²) in [6.07, 6.45) is 0. The molecule has 0 atom stereocenters. The van der Waals surface area contributed by atoms with Gasteiger partial charge in [-0.25, -0.2) is 4.68 Å². The second kappa shape index (κ2) is 4.14. The van der Waals surface area contributed by atoms with Gasteiger partial charge in [0.1, 0.15) is 6.54 Å². The van der Waals surface area contributed by atoms with Crippen LogP contribution in [0.5, 0.6) is 0 Å². The fourth-order valence-electron chi connectivity index (χ4n) is 2.20. The smallest absolute Gasteiger partial charge is 0.273 e. The SMILES string of the molecule is CC[n+]1[n-]oc(=N)c1-c1cccc2ccccc12. The monoisotopic (exact) mass is 239 g/mol. The Morgan fingerprint density at radius 1 is 1.17 bits per heavy atom. The summed E-state index contributed by atoms with van der Waals surface area (Å²) in [7, 11) is 0. The Labute approximate surface area is 104 Å². The molecule has 1 aromatic heterocycles. The highest BCUT2D eigenvalue weighted by atomic mass is 16.5. The molecule has 0 amide bonds. The van der Waals surface area contributed by atoms with Crippen LogP contribution in [0, 0.1) is 5.41 Å². The van der Waals surface area contributed by atoms with Gasteiger partial charge in [-0.2, -0.15) is 0 Å². The van der Waals surface area contributed by atoms with Crippen LogP contribution in [0.15, 0.2) is 47.0 Å². The summed E-state index contributed by atoms with van der Waals surface area (Å²) in [5.41, 5.74) is 1.82. The summed E-state index contributed by atoms with van der Waals surface area (Å²) in [6.45, 7) is 2.66. The highest BCUT2D eigenvalue weighted by Gasteiger charge is 2.16. The normalized spacial score (nSPS) is 10.9. The van der Waals surface area contributed by atoms with Crippen LogP contribution >= 0.6 is 0 Å². The topological polar surface area (TPSA) is 55.0 Å². The molecule has 0 saturated heterocycles. The van der Waals surface area contributed by atoms with Gasteiger partial charge in [0.25, 0.3) is 11.2 Å². The molecule has 0 saturated carbocycles. The molecule has 90 valence electrons. The van der Waals surface area contributed by atoms with Gasteiger partial charge in [0.05, 0.1) is 5.56 Å². The van der Waals surface area contributed by atoms with Gasteiger partial charge in [0.15, 0.2) is 0 Å². The Balaban J connectivity index is 2.38. The minimum absolute atomic E-state index is 0.105. The number of fused-ring (bicyclic) bond motifs is 1. The summed E-state index contributed by atoms with van der Waals surface area (Å²) in [5.74, 6) is 0. The molecule has 0 spiro atoms. The van der Waals surface area contributed by atoms with E-state index in [1.165, 1.54) is 0 Å². The van der Waals surface area contributed by atoms with E-state index in [4.69, 9.17) is 9.93 Å². The predicted molar refractivity (Wildman–Crippen MR) is 66.7 cm³/mol. The molecule has 0 fully saturated rings. The molecule has 1 N–H and O–H groups in total. The molecule has 1 heterocycles. The number of nitrogens with one attached hydrogen (secondary N) is 1. The van der Waals surface area contributed by atoms with Crippen molar-refractivity contribution in [2.75, 3.05) is 0 Å². The molecule has 0 aliphatic carbocycles. The highest BCUT2D eigenvalue weighted by molar-refractivity contribution is 5.94. The van der Waals surface area contributed by atoms with Crippen LogP contribution in [0.25, 0.3) is 22.0 Å². The fraction of sp³-hybridized carbons (Fsp3) is 0.143. The van der Waals surface area contributed by atoms with Crippen LogP contribution in [0.4, 0.5) is 0 Å². The average molecular weight is 239 g/mol. The Bertz CT molecular complexity index is 750. The van der Waals surface area contributed by atoms with Crippen molar-refractivity contribution in [3.05, 3.63) is 48.0 Å². The summed E-state index contributed by atoms with van der Waals surface area (Å²) >= 11 is 0. The van der Waals surface area contributed by atoms with Crippen LogP contribution in [-0.4, -0.2) is 0 Å². The van der Waals surface area contributed by atoms with Crippen molar-refractivity contribution in [1.29, 1.82) is 5.41 Å². The maximum atomic E-state index is 7.86. The Morgan fingerprint density at radius 3 is 2.78 bits per heavy atom. The van der Waals surface area contributed by atoms with Crippen LogP contribution in [0.2, 0.25) is 0 Å². The van der Waals surface area contributed by atoms with E-state index >= 15 is 0 Å². The number of hydrogen-bond donors (Lipinski definition) is 1. The molecule has 2 aromatic carbocycles. The Morgan fingerprint density at radius 2 is 1.94 bits per heavy atom. The molecule has 4 nitrogen and oxygen atoms in total. The molecular formula is C14H13N3O. The third-order valence-electron chi connectivity index (χ3n) is 3.05. The first-order chi connectivity index (χ1) is 8.81. The van der Waals surface area contributed by atoms with E-state index in [9.17, 15) is 0 Å². The Hall–Kier alpha value is -2.36. The quantitative estimate of drug-likeness (QED) is 0.694. The van der Waals surface area contributed by atoms with Crippen LogP contribution in [-0.2, 0) is 6.54 Å². The number of hydrogen-bond acceptors (Lipinski definition) is 2. The minimum Gasteiger partial charge on any atom is -0.486 e. The van der Waals surface area contributed by atoms with Crippen molar-refractivity contribution < 1.29 is 9.20 Å². The van der Waals surface area contributed by atoms with E-state index < -0.39 is 0 Å². The molecule has 0 bridgehead atoms. The zero-order valence-corrected chi connectivity index (χ0v) is 10.1. The standard InChI is InChI=1S/C14H13N3O/c1-2-17-13(14(15)18-16-17)12-9-5-7-10-6-3-4-8-11(10)12/h3-9,15H,2H2,1H3. The summed E-state index contributed by atoms with van der Waals surface area (Å²) in [4.78, 5) is 0. The summed E-state index contributed by atoms with van der Waals surface area (Å²) in [6, 6.07) is 14.2. The summed E-state index contributed by atoms with van der Waals surface area (Å²) in [5, 5.41) is 14.0. The number of aryl methyl sites for hydroxylation is 1. The van der Waals surface area contributed by atoms with Crippen LogP contribution in [0.1, 0.15) is 6.92 Å². The van der Waals surface area contributed by atoms with E-state index in [0.717, 1.165) is 22.0 Å². The maximum Gasteiger partial charge on any atom is 0.273 e. The van der Waals surface area contributed by atoms with Gasteiger partial charge in [-0.1, -0.05) is 36.4 Å². The first kappa shape index (κ1) is 10.8. The number of rotatable bonds is 2. The molecule has 18 heavy (non-hydrogen) atoms. The molecule has 3 aromatic rings. The van der Waals surface area contributed by atoms with Crippen molar-refractivity contribution in [1.82, 2.24) is 5.27 Å². The minimum atomic E-state index is 0.105. The molecule has 3 rings (SSSR count). The van der Waals surface area contributed by atoms with Gasteiger partial charge >= 0.3 is 0 Å². The van der Waals surface area contributed by atoms with Gasteiger partial charge in [0.2, 0.25) is 0 Å². The van der Waals surface area contributed by atoms with Crippen molar-refractivity contribution >= 4 is 10.8 Å². The van der Waals surface area contributed by atoms with Gasteiger partial charge in [0, 0.05) is 0 Å². The van der Waals surface area contributed by atoms with Crippen molar-refractivity contribution in [3.8, 4) is 11.3 Å². The first-order valence-electron chi connectivity index (χ1n) is 5.91. The zero-order chi connectivity index (χ0) is 12.5. The van der Waals surface area contributed by atoms with E-state index in [2.05, 4.69) is 23.5 Å². The highest BCUT2D eigenvalue weighted by Crippen LogP contribution is 2.24. The van der Waals surface area contributed by atoms with E-state index in [1.54, 1.807) is 4.68 Å². The first-order valence-corrected chi connectivity index (χ1v) is 5.91. The zero-order valence-electron chi connectivity index (χ0n) is 10.1. The largest absolute Gasteiger partial charge is 0.486 e. The van der Waals surface area contributed by atoms with Crippen molar-refractivity contribution in [3.63, 3.8) is 0 Å². The van der Waals surface area contributed by atoms with Crippen LogP contribution < -0.4 is 15.5 Å². The van der Waals surface area contributed by atoms with Crippen LogP contribution in [0.3, 0.4) is 0 Å². The molecule has 0 unspecified atom stereocenters. The molecule has 4 heteroatoms. The van der Waals surface area contributed by atoms with E-state index in [-0.39, 0.29) is 5.55 Å². The third-order valence-corrected chi connectivity index (χ3v) is 3.05. The Kier molecular flexibility index (Phi) is 2.48. The van der Waals surface area contributed by atoms with E-state index in [0.29, 0.717) is 6.54 Å². The van der Waals surface area contributed by atoms with Gasteiger partial charge in [-0.05, 0) is 23.8 Å². The maximum absolute atomic E-state index is 7.86. The summed E-state index contributed by atoms with van der Waals surface area (Å²) < 4.78 is 6.68. The molecule has 0 aliphatic heterocycles. The van der Waals surface area contributed by atoms with Crippen molar-refractivity contribution in [2.45, 2.75) is 13.5 Å². The number of nitrogens with zero attached hydrogens (tertiary/aromatic N) is 2. The average Bonchev–Trinajstić information content (AvgIpc) is 2.79. The second-order valence-electron chi connectivity index (χ2n) is 4.09. The second-order valence-corrected chi connectivity index (χ2v) is 4.09. The molecule has 0 radical (unpaired) electrons. The third kappa shape index (κ3) is 1.54.